The fourth-order valence-corrected chi connectivity index (χ4v) is 2.54. The van der Waals surface area contributed by atoms with Crippen LogP contribution in [0.5, 0.6) is 11.5 Å². The van der Waals surface area contributed by atoms with Crippen LogP contribution in [0.4, 0.5) is 4.39 Å². The van der Waals surface area contributed by atoms with E-state index in [9.17, 15) is 4.39 Å². The summed E-state index contributed by atoms with van der Waals surface area (Å²) in [6.45, 7) is 1.88. The van der Waals surface area contributed by atoms with Gasteiger partial charge >= 0.3 is 0 Å². The first-order valence-corrected chi connectivity index (χ1v) is 6.89. The first kappa shape index (κ1) is 13.4. The van der Waals surface area contributed by atoms with Gasteiger partial charge in [-0.15, -0.1) is 0 Å². The topological polar surface area (TPSA) is 9.23 Å². The molecule has 0 radical (unpaired) electrons. The predicted octanol–water partition coefficient (Wildman–Crippen LogP) is 5.47. The van der Waals surface area contributed by atoms with Crippen molar-refractivity contribution in [1.82, 2.24) is 0 Å². The zero-order valence-corrected chi connectivity index (χ0v) is 12.1. The lowest BCUT2D eigenvalue weighted by atomic mass is 10.2. The molecule has 18 heavy (non-hydrogen) atoms. The van der Waals surface area contributed by atoms with Crippen LogP contribution in [0.3, 0.4) is 0 Å². The number of aryl methyl sites for hydroxylation is 1. The van der Waals surface area contributed by atoms with Gasteiger partial charge < -0.3 is 4.74 Å². The molecule has 0 saturated carbocycles. The lowest BCUT2D eigenvalue weighted by molar-refractivity contribution is 0.439. The molecule has 0 spiro atoms. The summed E-state index contributed by atoms with van der Waals surface area (Å²) in [5, 5.41) is 1.15. The van der Waals surface area contributed by atoms with Gasteiger partial charge in [0.25, 0.3) is 0 Å². The van der Waals surface area contributed by atoms with Gasteiger partial charge in [0.05, 0.1) is 0 Å². The molecule has 0 N–H and O–H groups in total. The van der Waals surface area contributed by atoms with Gasteiger partial charge in [0, 0.05) is 15.9 Å². The average Bonchev–Trinajstić information content (AvgIpc) is 2.34. The zero-order valence-electron chi connectivity index (χ0n) is 9.71. The first-order valence-electron chi connectivity index (χ1n) is 5.39. The number of hydrogen-bond acceptors (Lipinski definition) is 1. The van der Waals surface area contributed by atoms with Crippen molar-refractivity contribution >= 4 is 27.5 Å². The Morgan fingerprint density at radius 2 is 2.00 bits per heavy atom. The third-order valence-corrected chi connectivity index (χ3v) is 3.43. The highest BCUT2D eigenvalue weighted by Gasteiger charge is 2.10. The van der Waals surface area contributed by atoms with Crippen LogP contribution in [0.15, 0.2) is 36.4 Å². The van der Waals surface area contributed by atoms with Gasteiger partial charge in [-0.05, 0) is 36.8 Å². The molecular formula is C14H11BrClFO. The Hall–Kier alpha value is -1.06. The summed E-state index contributed by atoms with van der Waals surface area (Å²) in [7, 11) is 0. The maximum Gasteiger partial charge on any atom is 0.165 e. The molecule has 0 aliphatic rings. The minimum atomic E-state index is -0.388. The summed E-state index contributed by atoms with van der Waals surface area (Å²) in [6.07, 6.45) is 0. The highest BCUT2D eigenvalue weighted by Crippen LogP contribution is 2.33. The molecule has 1 nitrogen and oxygen atoms in total. The van der Waals surface area contributed by atoms with Crippen molar-refractivity contribution in [2.75, 3.05) is 0 Å². The summed E-state index contributed by atoms with van der Waals surface area (Å²) >= 11 is 9.41. The van der Waals surface area contributed by atoms with E-state index in [0.29, 0.717) is 16.1 Å². The van der Waals surface area contributed by atoms with Gasteiger partial charge in [-0.2, -0.15) is 0 Å². The number of alkyl halides is 1. The number of rotatable bonds is 3. The van der Waals surface area contributed by atoms with Crippen LogP contribution in [0, 0.1) is 12.7 Å². The molecule has 0 aliphatic carbocycles. The molecule has 0 bridgehead atoms. The third-order valence-electron chi connectivity index (χ3n) is 2.52. The van der Waals surface area contributed by atoms with E-state index >= 15 is 0 Å². The molecule has 4 heteroatoms. The van der Waals surface area contributed by atoms with Gasteiger partial charge in [0.1, 0.15) is 5.75 Å². The molecule has 0 amide bonds. The van der Waals surface area contributed by atoms with E-state index in [-0.39, 0.29) is 11.6 Å². The Balaban J connectivity index is 2.40. The van der Waals surface area contributed by atoms with Gasteiger partial charge in [0.2, 0.25) is 0 Å². The Kier molecular flexibility index (Phi) is 4.25. The molecule has 0 fully saturated rings. The quantitative estimate of drug-likeness (QED) is 0.678. The smallest absolute Gasteiger partial charge is 0.165 e. The molecule has 0 atom stereocenters. The summed E-state index contributed by atoms with van der Waals surface area (Å²) in [4.78, 5) is 0. The van der Waals surface area contributed by atoms with Crippen molar-refractivity contribution in [3.63, 3.8) is 0 Å². The molecule has 2 rings (SSSR count). The van der Waals surface area contributed by atoms with Crippen molar-refractivity contribution in [3.8, 4) is 11.5 Å². The van der Waals surface area contributed by atoms with Crippen LogP contribution in [0.25, 0.3) is 0 Å². The minimum absolute atomic E-state index is 0.208. The molecule has 0 aromatic heterocycles. The SMILES string of the molecule is Cc1ccc(F)c(Oc2cccc(Cl)c2CBr)c1. The summed E-state index contributed by atoms with van der Waals surface area (Å²) in [5.74, 6) is 0.379. The van der Waals surface area contributed by atoms with Crippen LogP contribution < -0.4 is 4.74 Å². The van der Waals surface area contributed by atoms with Gasteiger partial charge in [-0.3, -0.25) is 0 Å². The van der Waals surface area contributed by atoms with Gasteiger partial charge in [-0.25, -0.2) is 4.39 Å². The Morgan fingerprint density at radius 3 is 2.72 bits per heavy atom. The molecule has 0 unspecified atom stereocenters. The summed E-state index contributed by atoms with van der Waals surface area (Å²) in [5.41, 5.74) is 1.74. The summed E-state index contributed by atoms with van der Waals surface area (Å²) in [6, 6.07) is 10.1. The van der Waals surface area contributed by atoms with E-state index in [0.717, 1.165) is 11.1 Å². The van der Waals surface area contributed by atoms with Crippen LogP contribution in [0.1, 0.15) is 11.1 Å². The average molecular weight is 330 g/mol. The highest BCUT2D eigenvalue weighted by molar-refractivity contribution is 9.08. The Labute approximate surface area is 119 Å². The predicted molar refractivity (Wildman–Crippen MR) is 75.3 cm³/mol. The fraction of sp³-hybridized carbons (Fsp3) is 0.143. The Morgan fingerprint density at radius 1 is 1.22 bits per heavy atom. The highest BCUT2D eigenvalue weighted by atomic mass is 79.9. The molecule has 0 saturated heterocycles. The van der Waals surface area contributed by atoms with Crippen LogP contribution in [-0.2, 0) is 5.33 Å². The molecule has 0 heterocycles. The molecule has 2 aromatic rings. The van der Waals surface area contributed by atoms with E-state index < -0.39 is 0 Å². The van der Waals surface area contributed by atoms with Crippen molar-refractivity contribution < 1.29 is 9.13 Å². The van der Waals surface area contributed by atoms with Crippen LogP contribution >= 0.6 is 27.5 Å². The molecule has 2 aromatic carbocycles. The monoisotopic (exact) mass is 328 g/mol. The van der Waals surface area contributed by atoms with E-state index in [1.807, 2.05) is 6.92 Å². The van der Waals surface area contributed by atoms with Gasteiger partial charge in [0.15, 0.2) is 11.6 Å². The van der Waals surface area contributed by atoms with E-state index in [1.165, 1.54) is 6.07 Å². The minimum Gasteiger partial charge on any atom is -0.454 e. The van der Waals surface area contributed by atoms with Gasteiger partial charge in [-0.1, -0.05) is 39.7 Å². The zero-order chi connectivity index (χ0) is 13.1. The lowest BCUT2D eigenvalue weighted by Gasteiger charge is -2.12. The molecular weight excluding hydrogens is 319 g/mol. The van der Waals surface area contributed by atoms with Crippen molar-refractivity contribution in [2.24, 2.45) is 0 Å². The maximum atomic E-state index is 13.6. The fourth-order valence-electron chi connectivity index (χ4n) is 1.57. The summed E-state index contributed by atoms with van der Waals surface area (Å²) < 4.78 is 19.2. The number of halogens is 3. The van der Waals surface area contributed by atoms with Crippen molar-refractivity contribution in [2.45, 2.75) is 12.3 Å². The number of hydrogen-bond donors (Lipinski definition) is 0. The van der Waals surface area contributed by atoms with E-state index in [2.05, 4.69) is 15.9 Å². The van der Waals surface area contributed by atoms with E-state index in [1.54, 1.807) is 30.3 Å². The Bertz CT molecular complexity index is 572. The first-order chi connectivity index (χ1) is 8.61. The van der Waals surface area contributed by atoms with Crippen LogP contribution in [0.2, 0.25) is 5.02 Å². The van der Waals surface area contributed by atoms with Crippen LogP contribution in [-0.4, -0.2) is 0 Å². The second kappa shape index (κ2) is 5.72. The standard InChI is InChI=1S/C14H11BrClFO/c1-9-5-6-12(17)14(7-9)18-13-4-2-3-11(16)10(13)8-15/h2-7H,8H2,1H3. The van der Waals surface area contributed by atoms with Crippen molar-refractivity contribution in [3.05, 3.63) is 58.4 Å². The molecule has 94 valence electrons. The molecule has 0 aliphatic heterocycles. The second-order valence-electron chi connectivity index (χ2n) is 3.89. The second-order valence-corrected chi connectivity index (χ2v) is 4.85. The third kappa shape index (κ3) is 2.85. The maximum absolute atomic E-state index is 13.6. The normalized spacial score (nSPS) is 10.4. The number of ether oxygens (including phenoxy) is 1. The van der Waals surface area contributed by atoms with E-state index in [4.69, 9.17) is 16.3 Å². The largest absolute Gasteiger partial charge is 0.454 e. The van der Waals surface area contributed by atoms with Crippen molar-refractivity contribution in [1.29, 1.82) is 0 Å². The lowest BCUT2D eigenvalue weighted by Crippen LogP contribution is -1.93. The number of benzene rings is 2.